The van der Waals surface area contributed by atoms with Crippen LogP contribution in [0.1, 0.15) is 12.8 Å². The molecule has 28 heavy (non-hydrogen) atoms. The number of nitrogens with one attached hydrogen (secondary N) is 3. The molecule has 1 fully saturated rings. The molecule has 0 bridgehead atoms. The first kappa shape index (κ1) is 18.2. The van der Waals surface area contributed by atoms with Crippen LogP contribution in [-0.2, 0) is 0 Å². The van der Waals surface area contributed by atoms with Gasteiger partial charge in [-0.1, -0.05) is 12.1 Å². The monoisotopic (exact) mass is 379 g/mol. The number of hydrogen-bond acceptors (Lipinski definition) is 5. The molecule has 2 aromatic heterocycles. The second-order valence-corrected chi connectivity index (χ2v) is 6.87. The number of amides is 2. The highest BCUT2D eigenvalue weighted by molar-refractivity contribution is 5.90. The highest BCUT2D eigenvalue weighted by Crippen LogP contribution is 2.25. The van der Waals surface area contributed by atoms with Gasteiger partial charge in [0.1, 0.15) is 0 Å². The number of benzene rings is 1. The van der Waals surface area contributed by atoms with E-state index in [-0.39, 0.29) is 6.03 Å². The first-order valence-electron chi connectivity index (χ1n) is 9.62. The number of aromatic nitrogens is 3. The van der Waals surface area contributed by atoms with Crippen LogP contribution in [-0.4, -0.2) is 58.5 Å². The van der Waals surface area contributed by atoms with Crippen LogP contribution in [0.25, 0.3) is 16.9 Å². The highest BCUT2D eigenvalue weighted by Gasteiger charge is 2.12. The van der Waals surface area contributed by atoms with Gasteiger partial charge in [0.05, 0.1) is 11.9 Å². The molecule has 0 aliphatic carbocycles. The summed E-state index contributed by atoms with van der Waals surface area (Å²) >= 11 is 0. The molecule has 0 atom stereocenters. The van der Waals surface area contributed by atoms with Crippen LogP contribution in [0.2, 0.25) is 0 Å². The number of imidazole rings is 1. The summed E-state index contributed by atoms with van der Waals surface area (Å²) in [5.41, 5.74) is 3.41. The highest BCUT2D eigenvalue weighted by atomic mass is 16.2. The second-order valence-electron chi connectivity index (χ2n) is 6.87. The number of hydrogen-bond donors (Lipinski definition) is 3. The van der Waals surface area contributed by atoms with Crippen LogP contribution < -0.4 is 16.0 Å². The lowest BCUT2D eigenvalue weighted by molar-refractivity contribution is 0.249. The topological polar surface area (TPSA) is 86.6 Å². The number of rotatable bonds is 6. The van der Waals surface area contributed by atoms with E-state index in [9.17, 15) is 4.79 Å². The maximum absolute atomic E-state index is 12.2. The van der Waals surface area contributed by atoms with E-state index in [2.05, 4.69) is 30.8 Å². The van der Waals surface area contributed by atoms with E-state index < -0.39 is 0 Å². The molecular weight excluding hydrogens is 354 g/mol. The molecule has 0 spiro atoms. The van der Waals surface area contributed by atoms with Gasteiger partial charge in [-0.3, -0.25) is 4.40 Å². The minimum absolute atomic E-state index is 0.184. The predicted molar refractivity (Wildman–Crippen MR) is 111 cm³/mol. The standard InChI is InChI=1S/C20H25N7O/c1-21-18-19-24-14-17(27(19)12-8-22-18)15-5-4-6-16(13-15)25-20(28)23-7-11-26-9-2-3-10-26/h4-6,8,12-14H,2-3,7,9-11H2,1H3,(H,21,22)(H2,23,25,28). The Labute approximate surface area is 164 Å². The van der Waals surface area contributed by atoms with Crippen LogP contribution in [0.5, 0.6) is 0 Å². The van der Waals surface area contributed by atoms with Crippen LogP contribution in [0.4, 0.5) is 16.3 Å². The third kappa shape index (κ3) is 3.91. The molecule has 146 valence electrons. The van der Waals surface area contributed by atoms with Gasteiger partial charge in [-0.05, 0) is 38.1 Å². The Morgan fingerprint density at radius 3 is 2.89 bits per heavy atom. The second kappa shape index (κ2) is 8.26. The van der Waals surface area contributed by atoms with E-state index in [1.54, 1.807) is 6.20 Å². The van der Waals surface area contributed by atoms with Gasteiger partial charge in [-0.15, -0.1) is 0 Å². The maximum atomic E-state index is 12.2. The van der Waals surface area contributed by atoms with Crippen molar-refractivity contribution < 1.29 is 4.79 Å². The fourth-order valence-electron chi connectivity index (χ4n) is 3.57. The number of nitrogens with zero attached hydrogens (tertiary/aromatic N) is 4. The normalized spacial score (nSPS) is 14.3. The average Bonchev–Trinajstić information content (AvgIpc) is 3.37. The van der Waals surface area contributed by atoms with Gasteiger partial charge in [0.25, 0.3) is 0 Å². The average molecular weight is 379 g/mol. The van der Waals surface area contributed by atoms with Gasteiger partial charge in [0.15, 0.2) is 11.5 Å². The van der Waals surface area contributed by atoms with E-state index in [4.69, 9.17) is 0 Å². The molecule has 1 aliphatic heterocycles. The molecule has 3 N–H and O–H groups in total. The smallest absolute Gasteiger partial charge is 0.319 e. The van der Waals surface area contributed by atoms with E-state index in [1.807, 2.05) is 48.1 Å². The molecule has 8 nitrogen and oxygen atoms in total. The Morgan fingerprint density at radius 1 is 1.21 bits per heavy atom. The quantitative estimate of drug-likeness (QED) is 0.613. The van der Waals surface area contributed by atoms with Gasteiger partial charge in [-0.2, -0.15) is 0 Å². The van der Waals surface area contributed by atoms with Gasteiger partial charge in [-0.25, -0.2) is 14.8 Å². The van der Waals surface area contributed by atoms with Gasteiger partial charge in [0, 0.05) is 43.8 Å². The molecule has 3 aromatic rings. The van der Waals surface area contributed by atoms with E-state index in [0.717, 1.165) is 48.0 Å². The van der Waals surface area contributed by atoms with Crippen molar-refractivity contribution in [2.45, 2.75) is 12.8 Å². The Hall–Kier alpha value is -3.13. The molecular formula is C20H25N7O. The fourth-order valence-corrected chi connectivity index (χ4v) is 3.57. The zero-order valence-electron chi connectivity index (χ0n) is 16.0. The van der Waals surface area contributed by atoms with E-state index in [1.165, 1.54) is 12.8 Å². The summed E-state index contributed by atoms with van der Waals surface area (Å²) in [7, 11) is 1.82. The van der Waals surface area contributed by atoms with Crippen molar-refractivity contribution in [1.29, 1.82) is 0 Å². The molecule has 2 amide bonds. The summed E-state index contributed by atoms with van der Waals surface area (Å²) in [5, 5.41) is 8.90. The van der Waals surface area contributed by atoms with Crippen LogP contribution in [0.15, 0.2) is 42.9 Å². The van der Waals surface area contributed by atoms with Crippen LogP contribution in [0, 0.1) is 0 Å². The number of carbonyl (C=O) groups is 1. The van der Waals surface area contributed by atoms with E-state index >= 15 is 0 Å². The predicted octanol–water partition coefficient (Wildman–Crippen LogP) is 2.66. The van der Waals surface area contributed by atoms with Crippen molar-refractivity contribution in [2.75, 3.05) is 43.9 Å². The van der Waals surface area contributed by atoms with Gasteiger partial charge < -0.3 is 20.9 Å². The maximum Gasteiger partial charge on any atom is 0.319 e. The number of likely N-dealkylation sites (tertiary alicyclic amines) is 1. The van der Waals surface area contributed by atoms with Crippen LogP contribution >= 0.6 is 0 Å². The van der Waals surface area contributed by atoms with Gasteiger partial charge in [0.2, 0.25) is 0 Å². The molecule has 0 radical (unpaired) electrons. The molecule has 3 heterocycles. The number of fused-ring (bicyclic) bond motifs is 1. The lowest BCUT2D eigenvalue weighted by Crippen LogP contribution is -2.35. The fraction of sp³-hybridized carbons (Fsp3) is 0.350. The van der Waals surface area contributed by atoms with Crippen molar-refractivity contribution in [2.24, 2.45) is 0 Å². The summed E-state index contributed by atoms with van der Waals surface area (Å²) in [4.78, 5) is 23.3. The largest absolute Gasteiger partial charge is 0.370 e. The van der Waals surface area contributed by atoms with Crippen molar-refractivity contribution in [1.82, 2.24) is 24.6 Å². The molecule has 0 saturated carbocycles. The Kier molecular flexibility index (Phi) is 5.38. The minimum Gasteiger partial charge on any atom is -0.370 e. The molecule has 1 saturated heterocycles. The third-order valence-electron chi connectivity index (χ3n) is 4.99. The van der Waals surface area contributed by atoms with Crippen LogP contribution in [0.3, 0.4) is 0 Å². The van der Waals surface area contributed by atoms with Crippen molar-refractivity contribution in [3.05, 3.63) is 42.9 Å². The zero-order valence-corrected chi connectivity index (χ0v) is 16.0. The van der Waals surface area contributed by atoms with Gasteiger partial charge >= 0.3 is 6.03 Å². The lowest BCUT2D eigenvalue weighted by atomic mass is 10.1. The van der Waals surface area contributed by atoms with Crippen molar-refractivity contribution in [3.8, 4) is 11.3 Å². The zero-order chi connectivity index (χ0) is 19.3. The first-order chi connectivity index (χ1) is 13.7. The van der Waals surface area contributed by atoms with E-state index in [0.29, 0.717) is 6.54 Å². The number of anilines is 2. The molecule has 1 aliphatic rings. The Bertz CT molecular complexity index is 962. The van der Waals surface area contributed by atoms with Crippen molar-refractivity contribution in [3.63, 3.8) is 0 Å². The summed E-state index contributed by atoms with van der Waals surface area (Å²) in [5.74, 6) is 0.723. The molecule has 0 unspecified atom stereocenters. The summed E-state index contributed by atoms with van der Waals surface area (Å²) in [6, 6.07) is 7.57. The molecule has 8 heteroatoms. The Balaban J connectivity index is 1.44. The Morgan fingerprint density at radius 2 is 2.07 bits per heavy atom. The number of carbonyl (C=O) groups excluding carboxylic acids is 1. The summed E-state index contributed by atoms with van der Waals surface area (Å²) < 4.78 is 1.98. The first-order valence-corrected chi connectivity index (χ1v) is 9.62. The number of urea groups is 1. The lowest BCUT2D eigenvalue weighted by Gasteiger charge is -2.15. The minimum atomic E-state index is -0.184. The van der Waals surface area contributed by atoms with Crippen molar-refractivity contribution >= 4 is 23.2 Å². The molecule has 1 aromatic carbocycles. The third-order valence-corrected chi connectivity index (χ3v) is 4.99. The molecule has 4 rings (SSSR count). The SMILES string of the molecule is CNc1nccn2c(-c3cccc(NC(=O)NCCN4CCCC4)c3)cnc12. The summed E-state index contributed by atoms with van der Waals surface area (Å²) in [6.45, 7) is 3.82. The summed E-state index contributed by atoms with van der Waals surface area (Å²) in [6.07, 6.45) is 7.94.